The molecule has 142 valence electrons. The van der Waals surface area contributed by atoms with Gasteiger partial charge in [0.25, 0.3) is 11.8 Å². The molecule has 2 amide bonds. The van der Waals surface area contributed by atoms with Gasteiger partial charge in [-0.2, -0.15) is 0 Å². The lowest BCUT2D eigenvalue weighted by atomic mass is 10.1. The SMILES string of the molecule is COc1ccccc1NC(=O)c1cccc(C(=O)Nc2ccc(C)c(C)c2)n1. The lowest BCUT2D eigenvalue weighted by Crippen LogP contribution is -2.18. The highest BCUT2D eigenvalue weighted by Crippen LogP contribution is 2.23. The van der Waals surface area contributed by atoms with Gasteiger partial charge in [-0.3, -0.25) is 9.59 Å². The number of benzene rings is 2. The maximum atomic E-state index is 12.5. The molecule has 3 rings (SSSR count). The average molecular weight is 375 g/mol. The summed E-state index contributed by atoms with van der Waals surface area (Å²) < 4.78 is 5.23. The van der Waals surface area contributed by atoms with Crippen LogP contribution in [0.15, 0.2) is 60.7 Å². The Bertz CT molecular complexity index is 1030. The van der Waals surface area contributed by atoms with Crippen LogP contribution in [0.2, 0.25) is 0 Å². The standard InChI is InChI=1S/C22H21N3O3/c1-14-11-12-16(13-15(14)2)23-21(26)18-8-6-9-19(24-18)22(27)25-17-7-4-5-10-20(17)28-3/h4-13H,1-3H3,(H,23,26)(H,25,27). The van der Waals surface area contributed by atoms with Crippen molar-refractivity contribution in [2.75, 3.05) is 17.7 Å². The molecule has 0 radical (unpaired) electrons. The van der Waals surface area contributed by atoms with Gasteiger partial charge in [0, 0.05) is 5.69 Å². The predicted molar refractivity (Wildman–Crippen MR) is 109 cm³/mol. The summed E-state index contributed by atoms with van der Waals surface area (Å²) >= 11 is 0. The molecule has 0 spiro atoms. The molecule has 0 aliphatic carbocycles. The van der Waals surface area contributed by atoms with Crippen molar-refractivity contribution in [2.24, 2.45) is 0 Å². The van der Waals surface area contributed by atoms with E-state index in [1.807, 2.05) is 38.1 Å². The van der Waals surface area contributed by atoms with Crippen molar-refractivity contribution in [2.45, 2.75) is 13.8 Å². The van der Waals surface area contributed by atoms with E-state index in [0.717, 1.165) is 11.1 Å². The van der Waals surface area contributed by atoms with E-state index in [-0.39, 0.29) is 17.3 Å². The van der Waals surface area contributed by atoms with Crippen molar-refractivity contribution < 1.29 is 14.3 Å². The Morgan fingerprint density at radius 2 is 1.50 bits per heavy atom. The van der Waals surface area contributed by atoms with Gasteiger partial charge in [-0.25, -0.2) is 4.98 Å². The van der Waals surface area contributed by atoms with Gasteiger partial charge >= 0.3 is 0 Å². The monoisotopic (exact) mass is 375 g/mol. The molecular formula is C22H21N3O3. The minimum Gasteiger partial charge on any atom is -0.495 e. The van der Waals surface area contributed by atoms with Gasteiger partial charge in [0.05, 0.1) is 12.8 Å². The third kappa shape index (κ3) is 4.35. The fourth-order valence-corrected chi connectivity index (χ4v) is 2.64. The number of carbonyl (C=O) groups is 2. The summed E-state index contributed by atoms with van der Waals surface area (Å²) in [6, 6.07) is 17.5. The normalized spacial score (nSPS) is 10.2. The summed E-state index contributed by atoms with van der Waals surface area (Å²) in [6.45, 7) is 3.98. The van der Waals surface area contributed by atoms with Crippen molar-refractivity contribution in [1.29, 1.82) is 0 Å². The number of nitrogens with zero attached hydrogens (tertiary/aromatic N) is 1. The van der Waals surface area contributed by atoms with Crippen LogP contribution in [-0.2, 0) is 0 Å². The maximum absolute atomic E-state index is 12.5. The third-order valence-electron chi connectivity index (χ3n) is 4.33. The number of hydrogen-bond acceptors (Lipinski definition) is 4. The molecule has 2 N–H and O–H groups in total. The van der Waals surface area contributed by atoms with Gasteiger partial charge in [-0.1, -0.05) is 24.3 Å². The minimum absolute atomic E-state index is 0.138. The molecule has 0 saturated carbocycles. The van der Waals surface area contributed by atoms with Gasteiger partial charge in [0.2, 0.25) is 0 Å². The molecule has 0 fully saturated rings. The van der Waals surface area contributed by atoms with Crippen LogP contribution in [-0.4, -0.2) is 23.9 Å². The third-order valence-corrected chi connectivity index (χ3v) is 4.33. The van der Waals surface area contributed by atoms with Gasteiger partial charge < -0.3 is 15.4 Å². The van der Waals surface area contributed by atoms with E-state index in [0.29, 0.717) is 17.1 Å². The largest absolute Gasteiger partial charge is 0.495 e. The number of amides is 2. The first kappa shape index (κ1) is 19.1. The Hall–Kier alpha value is -3.67. The lowest BCUT2D eigenvalue weighted by molar-refractivity contribution is 0.101. The number of hydrogen-bond donors (Lipinski definition) is 2. The van der Waals surface area contributed by atoms with Crippen molar-refractivity contribution in [3.8, 4) is 5.75 Å². The first-order valence-electron chi connectivity index (χ1n) is 8.78. The molecule has 2 aromatic carbocycles. The van der Waals surface area contributed by atoms with Crippen LogP contribution in [0, 0.1) is 13.8 Å². The van der Waals surface area contributed by atoms with E-state index in [9.17, 15) is 9.59 Å². The number of rotatable bonds is 5. The molecule has 1 aromatic heterocycles. The first-order chi connectivity index (χ1) is 13.5. The fraction of sp³-hybridized carbons (Fsp3) is 0.136. The van der Waals surface area contributed by atoms with Crippen LogP contribution in [0.25, 0.3) is 0 Å². The molecule has 0 bridgehead atoms. The Labute approximate surface area is 163 Å². The number of aromatic nitrogens is 1. The average Bonchev–Trinajstić information content (AvgIpc) is 2.71. The summed E-state index contributed by atoms with van der Waals surface area (Å²) in [5.74, 6) is -0.264. The quantitative estimate of drug-likeness (QED) is 0.700. The molecule has 0 saturated heterocycles. The second-order valence-electron chi connectivity index (χ2n) is 6.32. The number of ether oxygens (including phenoxy) is 1. The van der Waals surface area contributed by atoms with Crippen LogP contribution < -0.4 is 15.4 Å². The number of nitrogens with one attached hydrogen (secondary N) is 2. The molecule has 0 aliphatic heterocycles. The maximum Gasteiger partial charge on any atom is 0.274 e. The van der Waals surface area contributed by atoms with Crippen LogP contribution in [0.4, 0.5) is 11.4 Å². The number of carbonyl (C=O) groups excluding carboxylic acids is 2. The summed E-state index contributed by atoms with van der Waals surface area (Å²) in [6.07, 6.45) is 0. The van der Waals surface area contributed by atoms with Gasteiger partial charge in [0.15, 0.2) is 0 Å². The first-order valence-corrected chi connectivity index (χ1v) is 8.78. The second-order valence-corrected chi connectivity index (χ2v) is 6.32. The number of pyridine rings is 1. The van der Waals surface area contributed by atoms with E-state index in [2.05, 4.69) is 15.6 Å². The van der Waals surface area contributed by atoms with Gasteiger partial charge in [-0.05, 0) is 61.4 Å². The van der Waals surface area contributed by atoms with E-state index in [1.54, 1.807) is 36.4 Å². The summed E-state index contributed by atoms with van der Waals surface area (Å²) in [4.78, 5) is 29.3. The Balaban J connectivity index is 1.76. The molecule has 0 unspecified atom stereocenters. The predicted octanol–water partition coefficient (Wildman–Crippen LogP) is 4.21. The zero-order valence-corrected chi connectivity index (χ0v) is 15.9. The van der Waals surface area contributed by atoms with Crippen molar-refractivity contribution in [1.82, 2.24) is 4.98 Å². The molecular weight excluding hydrogens is 354 g/mol. The van der Waals surface area contributed by atoms with Crippen LogP contribution in [0.3, 0.4) is 0 Å². The number of methoxy groups -OCH3 is 1. The van der Waals surface area contributed by atoms with Gasteiger partial charge in [0.1, 0.15) is 17.1 Å². The summed E-state index contributed by atoms with van der Waals surface area (Å²) in [7, 11) is 1.53. The summed E-state index contributed by atoms with van der Waals surface area (Å²) in [5.41, 5.74) is 3.73. The van der Waals surface area contributed by atoms with Crippen LogP contribution in [0.1, 0.15) is 32.1 Å². The highest BCUT2D eigenvalue weighted by atomic mass is 16.5. The zero-order chi connectivity index (χ0) is 20.1. The fourth-order valence-electron chi connectivity index (χ4n) is 2.64. The molecule has 6 nitrogen and oxygen atoms in total. The van der Waals surface area contributed by atoms with Crippen LogP contribution in [0.5, 0.6) is 5.75 Å². The lowest BCUT2D eigenvalue weighted by Gasteiger charge is -2.10. The van der Waals surface area contributed by atoms with Crippen molar-refractivity contribution >= 4 is 23.2 Å². The van der Waals surface area contributed by atoms with E-state index in [1.165, 1.54) is 7.11 Å². The molecule has 3 aromatic rings. The highest BCUT2D eigenvalue weighted by molar-refractivity contribution is 6.06. The molecule has 0 atom stereocenters. The molecule has 28 heavy (non-hydrogen) atoms. The second kappa shape index (κ2) is 8.35. The summed E-state index contributed by atoms with van der Waals surface area (Å²) in [5, 5.41) is 5.56. The number of anilines is 2. The minimum atomic E-state index is -0.426. The van der Waals surface area contributed by atoms with E-state index < -0.39 is 5.91 Å². The van der Waals surface area contributed by atoms with E-state index >= 15 is 0 Å². The Morgan fingerprint density at radius 3 is 2.18 bits per heavy atom. The molecule has 0 aliphatic rings. The van der Waals surface area contributed by atoms with Crippen molar-refractivity contribution in [3.05, 3.63) is 83.2 Å². The zero-order valence-electron chi connectivity index (χ0n) is 15.9. The van der Waals surface area contributed by atoms with Gasteiger partial charge in [-0.15, -0.1) is 0 Å². The topological polar surface area (TPSA) is 80.3 Å². The highest BCUT2D eigenvalue weighted by Gasteiger charge is 2.14. The van der Waals surface area contributed by atoms with Crippen molar-refractivity contribution in [3.63, 3.8) is 0 Å². The van der Waals surface area contributed by atoms with E-state index in [4.69, 9.17) is 4.74 Å². The molecule has 1 heterocycles. The number of para-hydroxylation sites is 2. The van der Waals surface area contributed by atoms with Crippen LogP contribution >= 0.6 is 0 Å². The number of aryl methyl sites for hydroxylation is 2. The Morgan fingerprint density at radius 1 is 0.821 bits per heavy atom. The Kier molecular flexibility index (Phi) is 5.69. The molecule has 6 heteroatoms. The smallest absolute Gasteiger partial charge is 0.274 e.